The number of nitrogens with one attached hydrogen (secondary N) is 1. The summed E-state index contributed by atoms with van der Waals surface area (Å²) in [5.41, 5.74) is 5.06. The zero-order valence-electron chi connectivity index (χ0n) is 10.4. The van der Waals surface area contributed by atoms with Crippen molar-refractivity contribution in [1.29, 1.82) is 0 Å². The quantitative estimate of drug-likeness (QED) is 0.681. The highest BCUT2D eigenvalue weighted by molar-refractivity contribution is 5.92. The second kappa shape index (κ2) is 5.49. The molecule has 0 aromatic carbocycles. The summed E-state index contributed by atoms with van der Waals surface area (Å²) in [7, 11) is 0. The van der Waals surface area contributed by atoms with Gasteiger partial charge in [-0.2, -0.15) is 0 Å². The van der Waals surface area contributed by atoms with Crippen LogP contribution >= 0.6 is 0 Å². The van der Waals surface area contributed by atoms with Crippen LogP contribution in [0.4, 0.5) is 0 Å². The molecule has 6 heteroatoms. The van der Waals surface area contributed by atoms with Crippen LogP contribution in [-0.2, 0) is 6.54 Å². The number of carbonyl (C=O) groups excluding carboxylic acids is 1. The predicted molar refractivity (Wildman–Crippen MR) is 67.0 cm³/mol. The van der Waals surface area contributed by atoms with E-state index in [9.17, 15) is 9.90 Å². The molecule has 0 unspecified atom stereocenters. The molecule has 0 aliphatic heterocycles. The van der Waals surface area contributed by atoms with E-state index >= 15 is 0 Å². The molecule has 0 spiro atoms. The highest BCUT2D eigenvalue weighted by Crippen LogP contribution is 2.28. The van der Waals surface area contributed by atoms with Gasteiger partial charge in [-0.15, -0.1) is 0 Å². The first-order valence-corrected chi connectivity index (χ1v) is 6.35. The average Bonchev–Trinajstić information content (AvgIpc) is 2.97. The van der Waals surface area contributed by atoms with Crippen molar-refractivity contribution in [3.05, 3.63) is 18.2 Å². The summed E-state index contributed by atoms with van der Waals surface area (Å²) >= 11 is 0. The first kappa shape index (κ1) is 13.0. The minimum absolute atomic E-state index is 0.244. The molecule has 1 amide bonds. The lowest BCUT2D eigenvalue weighted by molar-refractivity contribution is 0.0448. The van der Waals surface area contributed by atoms with Gasteiger partial charge in [0.05, 0.1) is 11.9 Å². The van der Waals surface area contributed by atoms with E-state index < -0.39 is 5.60 Å². The van der Waals surface area contributed by atoms with E-state index in [2.05, 4.69) is 10.3 Å². The molecule has 100 valence electrons. The fourth-order valence-corrected chi connectivity index (χ4v) is 2.29. The monoisotopic (exact) mass is 252 g/mol. The number of rotatable bonds is 5. The zero-order chi connectivity index (χ0) is 13.0. The zero-order valence-corrected chi connectivity index (χ0v) is 10.4. The minimum Gasteiger partial charge on any atom is -0.388 e. The fourth-order valence-electron chi connectivity index (χ4n) is 2.29. The molecule has 1 aliphatic carbocycles. The number of hydrogen-bond donors (Lipinski definition) is 3. The van der Waals surface area contributed by atoms with Gasteiger partial charge in [0.25, 0.3) is 5.91 Å². The Bertz CT molecular complexity index is 410. The SMILES string of the molecule is NCCn1cnc(C(=O)NCC2(O)CCCC2)c1. The Morgan fingerprint density at radius 1 is 1.56 bits per heavy atom. The third-order valence-corrected chi connectivity index (χ3v) is 3.37. The maximum atomic E-state index is 11.8. The number of nitrogens with two attached hydrogens (primary N) is 1. The Morgan fingerprint density at radius 3 is 2.94 bits per heavy atom. The summed E-state index contributed by atoms with van der Waals surface area (Å²) < 4.78 is 1.78. The van der Waals surface area contributed by atoms with Gasteiger partial charge in [-0.05, 0) is 12.8 Å². The lowest BCUT2D eigenvalue weighted by Gasteiger charge is -2.21. The molecule has 1 saturated carbocycles. The molecule has 6 nitrogen and oxygen atoms in total. The molecule has 18 heavy (non-hydrogen) atoms. The van der Waals surface area contributed by atoms with Crippen LogP contribution in [0.3, 0.4) is 0 Å². The van der Waals surface area contributed by atoms with Crippen LogP contribution in [0.25, 0.3) is 0 Å². The van der Waals surface area contributed by atoms with Crippen molar-refractivity contribution in [2.75, 3.05) is 13.1 Å². The van der Waals surface area contributed by atoms with Crippen molar-refractivity contribution in [3.8, 4) is 0 Å². The summed E-state index contributed by atoms with van der Waals surface area (Å²) in [4.78, 5) is 15.8. The highest BCUT2D eigenvalue weighted by atomic mass is 16.3. The maximum Gasteiger partial charge on any atom is 0.271 e. The van der Waals surface area contributed by atoms with Crippen LogP contribution in [0.1, 0.15) is 36.2 Å². The van der Waals surface area contributed by atoms with Crippen molar-refractivity contribution in [2.24, 2.45) is 5.73 Å². The molecule has 0 saturated heterocycles. The van der Waals surface area contributed by atoms with Crippen molar-refractivity contribution in [3.63, 3.8) is 0 Å². The topological polar surface area (TPSA) is 93.2 Å². The number of hydrogen-bond acceptors (Lipinski definition) is 4. The van der Waals surface area contributed by atoms with E-state index in [0.717, 1.165) is 25.7 Å². The number of aliphatic hydroxyl groups is 1. The van der Waals surface area contributed by atoms with E-state index in [4.69, 9.17) is 5.73 Å². The molecule has 0 bridgehead atoms. The van der Waals surface area contributed by atoms with Gasteiger partial charge in [0.1, 0.15) is 5.69 Å². The number of aromatic nitrogens is 2. The number of amides is 1. The van der Waals surface area contributed by atoms with Crippen LogP contribution in [-0.4, -0.2) is 39.3 Å². The summed E-state index contributed by atoms with van der Waals surface area (Å²) in [5, 5.41) is 12.9. The smallest absolute Gasteiger partial charge is 0.271 e. The van der Waals surface area contributed by atoms with E-state index in [0.29, 0.717) is 25.3 Å². The maximum absolute atomic E-state index is 11.8. The lowest BCUT2D eigenvalue weighted by atomic mass is 10.0. The second-order valence-corrected chi connectivity index (χ2v) is 4.90. The van der Waals surface area contributed by atoms with Gasteiger partial charge in [0.15, 0.2) is 0 Å². The summed E-state index contributed by atoms with van der Waals surface area (Å²) in [6.45, 7) is 1.46. The Balaban J connectivity index is 1.87. The average molecular weight is 252 g/mol. The Labute approximate surface area is 106 Å². The summed E-state index contributed by atoms with van der Waals surface area (Å²) in [5.74, 6) is -0.244. The Kier molecular flexibility index (Phi) is 3.98. The Morgan fingerprint density at radius 2 is 2.28 bits per heavy atom. The van der Waals surface area contributed by atoms with E-state index in [1.165, 1.54) is 0 Å². The highest BCUT2D eigenvalue weighted by Gasteiger charge is 2.31. The van der Waals surface area contributed by atoms with E-state index in [1.54, 1.807) is 17.1 Å². The molecule has 1 heterocycles. The second-order valence-electron chi connectivity index (χ2n) is 4.90. The van der Waals surface area contributed by atoms with E-state index in [-0.39, 0.29) is 5.91 Å². The van der Waals surface area contributed by atoms with Crippen molar-refractivity contribution in [2.45, 2.75) is 37.8 Å². The normalized spacial score (nSPS) is 17.9. The predicted octanol–water partition coefficient (Wildman–Crippen LogP) is -0.123. The third-order valence-electron chi connectivity index (χ3n) is 3.37. The van der Waals surface area contributed by atoms with Crippen LogP contribution < -0.4 is 11.1 Å². The fraction of sp³-hybridized carbons (Fsp3) is 0.667. The molecule has 1 aromatic heterocycles. The molecular formula is C12H20N4O2. The Hall–Kier alpha value is -1.40. The molecular weight excluding hydrogens is 232 g/mol. The number of carbonyl (C=O) groups is 1. The molecule has 0 atom stereocenters. The molecule has 2 rings (SSSR count). The first-order chi connectivity index (χ1) is 8.63. The van der Waals surface area contributed by atoms with Crippen LogP contribution in [0.15, 0.2) is 12.5 Å². The van der Waals surface area contributed by atoms with Crippen LogP contribution in [0.5, 0.6) is 0 Å². The van der Waals surface area contributed by atoms with Crippen molar-refractivity contribution < 1.29 is 9.90 Å². The van der Waals surface area contributed by atoms with Crippen LogP contribution in [0.2, 0.25) is 0 Å². The number of imidazole rings is 1. The molecule has 1 aliphatic rings. The number of nitrogens with zero attached hydrogens (tertiary/aromatic N) is 2. The lowest BCUT2D eigenvalue weighted by Crippen LogP contribution is -2.40. The largest absolute Gasteiger partial charge is 0.388 e. The van der Waals surface area contributed by atoms with Gasteiger partial charge in [-0.1, -0.05) is 12.8 Å². The van der Waals surface area contributed by atoms with Gasteiger partial charge in [0.2, 0.25) is 0 Å². The summed E-state index contributed by atoms with van der Waals surface area (Å²) in [6, 6.07) is 0. The van der Waals surface area contributed by atoms with Gasteiger partial charge in [-0.25, -0.2) is 4.98 Å². The van der Waals surface area contributed by atoms with Crippen molar-refractivity contribution in [1.82, 2.24) is 14.9 Å². The van der Waals surface area contributed by atoms with Gasteiger partial charge < -0.3 is 20.7 Å². The molecule has 1 aromatic rings. The first-order valence-electron chi connectivity index (χ1n) is 6.35. The van der Waals surface area contributed by atoms with Gasteiger partial charge in [0, 0.05) is 25.8 Å². The van der Waals surface area contributed by atoms with Crippen molar-refractivity contribution >= 4 is 5.91 Å². The van der Waals surface area contributed by atoms with E-state index in [1.807, 2.05) is 0 Å². The standard InChI is InChI=1S/C12H20N4O2/c13-5-6-16-7-10(15-9-16)11(17)14-8-12(18)3-1-2-4-12/h7,9,18H,1-6,8,13H2,(H,14,17). The van der Waals surface area contributed by atoms with Gasteiger partial charge in [-0.3, -0.25) is 4.79 Å². The molecule has 0 radical (unpaired) electrons. The van der Waals surface area contributed by atoms with Crippen LogP contribution in [0, 0.1) is 0 Å². The molecule has 1 fully saturated rings. The minimum atomic E-state index is -0.727. The third kappa shape index (κ3) is 3.08. The molecule has 4 N–H and O–H groups in total. The summed E-state index contributed by atoms with van der Waals surface area (Å²) in [6.07, 6.45) is 6.83. The van der Waals surface area contributed by atoms with Gasteiger partial charge >= 0.3 is 0 Å².